The van der Waals surface area contributed by atoms with E-state index in [0.717, 1.165) is 4.47 Å². The van der Waals surface area contributed by atoms with E-state index in [1.807, 2.05) is 31.1 Å². The van der Waals surface area contributed by atoms with Gasteiger partial charge in [-0.2, -0.15) is 0 Å². The Morgan fingerprint density at radius 3 is 2.71 bits per heavy atom. The van der Waals surface area contributed by atoms with E-state index in [2.05, 4.69) is 40.3 Å². The van der Waals surface area contributed by atoms with Crippen LogP contribution in [0.4, 0.5) is 0 Å². The van der Waals surface area contributed by atoms with E-state index in [1.54, 1.807) is 0 Å². The van der Waals surface area contributed by atoms with E-state index in [1.165, 1.54) is 5.56 Å². The molecule has 0 aromatic heterocycles. The van der Waals surface area contributed by atoms with Gasteiger partial charge in [0.1, 0.15) is 0 Å². The summed E-state index contributed by atoms with van der Waals surface area (Å²) in [6, 6.07) is 8.45. The first-order chi connectivity index (χ1) is 7.99. The van der Waals surface area contributed by atoms with Crippen LogP contribution in [0.3, 0.4) is 0 Å². The zero-order chi connectivity index (χ0) is 12.8. The normalized spacial score (nSPS) is 14.9. The molecule has 2 atom stereocenters. The number of aliphatic hydroxyl groups excluding tert-OH is 1. The van der Waals surface area contributed by atoms with Crippen LogP contribution in [0, 0.1) is 0 Å². The van der Waals surface area contributed by atoms with Crippen LogP contribution in [-0.4, -0.2) is 43.3 Å². The molecular weight excluding hydrogens is 280 g/mol. The second kappa shape index (κ2) is 7.11. The van der Waals surface area contributed by atoms with E-state index in [0.29, 0.717) is 13.1 Å². The third kappa shape index (κ3) is 5.64. The Balaban J connectivity index is 2.42. The van der Waals surface area contributed by atoms with Gasteiger partial charge in [0, 0.05) is 23.6 Å². The summed E-state index contributed by atoms with van der Waals surface area (Å²) >= 11 is 3.46. The fraction of sp³-hybridized carbons (Fsp3) is 0.538. The van der Waals surface area contributed by atoms with Gasteiger partial charge in [0.15, 0.2) is 0 Å². The van der Waals surface area contributed by atoms with Gasteiger partial charge in [-0.1, -0.05) is 28.1 Å². The number of nitrogens with one attached hydrogen (secondary N) is 1. The molecule has 1 aromatic carbocycles. The van der Waals surface area contributed by atoms with Crippen LogP contribution in [0.1, 0.15) is 18.5 Å². The smallest absolute Gasteiger partial charge is 0.0791 e. The van der Waals surface area contributed by atoms with Crippen molar-refractivity contribution in [2.75, 3.05) is 27.2 Å². The number of aliphatic hydroxyl groups is 1. The highest BCUT2D eigenvalue weighted by Gasteiger charge is 2.09. The summed E-state index contributed by atoms with van der Waals surface area (Å²) in [4.78, 5) is 1.98. The van der Waals surface area contributed by atoms with Crippen LogP contribution in [0.2, 0.25) is 0 Å². The monoisotopic (exact) mass is 300 g/mol. The van der Waals surface area contributed by atoms with E-state index < -0.39 is 0 Å². The van der Waals surface area contributed by atoms with Crippen molar-refractivity contribution in [3.63, 3.8) is 0 Å². The lowest BCUT2D eigenvalue weighted by Gasteiger charge is -2.20. The van der Waals surface area contributed by atoms with Gasteiger partial charge in [-0.3, -0.25) is 0 Å². The highest BCUT2D eigenvalue weighted by molar-refractivity contribution is 9.10. The van der Waals surface area contributed by atoms with Gasteiger partial charge in [-0.25, -0.2) is 0 Å². The molecule has 0 radical (unpaired) electrons. The molecule has 0 fully saturated rings. The van der Waals surface area contributed by atoms with Crippen LogP contribution in [0.5, 0.6) is 0 Å². The van der Waals surface area contributed by atoms with Gasteiger partial charge in [0.2, 0.25) is 0 Å². The molecular formula is C13H21BrN2O. The molecule has 2 N–H and O–H groups in total. The van der Waals surface area contributed by atoms with E-state index in [9.17, 15) is 5.11 Å². The Bertz CT molecular complexity index is 344. The minimum absolute atomic E-state index is 0.240. The number of rotatable bonds is 6. The number of hydrogen-bond acceptors (Lipinski definition) is 3. The second-order valence-electron chi connectivity index (χ2n) is 4.60. The van der Waals surface area contributed by atoms with Crippen LogP contribution in [0.25, 0.3) is 0 Å². The molecule has 0 amide bonds. The van der Waals surface area contributed by atoms with Crippen LogP contribution < -0.4 is 5.32 Å². The lowest BCUT2D eigenvalue weighted by Crippen LogP contribution is -2.36. The van der Waals surface area contributed by atoms with Crippen molar-refractivity contribution in [2.24, 2.45) is 0 Å². The highest BCUT2D eigenvalue weighted by atomic mass is 79.9. The summed E-state index contributed by atoms with van der Waals surface area (Å²) in [6.45, 7) is 3.38. The van der Waals surface area contributed by atoms with Crippen molar-refractivity contribution in [3.05, 3.63) is 34.3 Å². The first kappa shape index (κ1) is 14.6. The minimum atomic E-state index is -0.334. The lowest BCUT2D eigenvalue weighted by atomic mass is 10.1. The van der Waals surface area contributed by atoms with Crippen LogP contribution in [-0.2, 0) is 0 Å². The lowest BCUT2D eigenvalue weighted by molar-refractivity contribution is 0.132. The number of benzene rings is 1. The van der Waals surface area contributed by atoms with Crippen molar-refractivity contribution in [2.45, 2.75) is 19.1 Å². The third-order valence-electron chi connectivity index (χ3n) is 2.58. The molecule has 1 rings (SSSR count). The van der Waals surface area contributed by atoms with Crippen molar-refractivity contribution < 1.29 is 5.11 Å². The van der Waals surface area contributed by atoms with Gasteiger partial charge < -0.3 is 15.3 Å². The number of halogens is 1. The standard InChI is InChI=1S/C13H21BrN2O/c1-10(11-5-4-6-12(14)7-11)15-8-13(17)9-16(2)3/h4-7,10,13,15,17H,8-9H2,1-3H3/t10-,13?/m0/s1. The zero-order valence-electron chi connectivity index (χ0n) is 10.7. The fourth-order valence-corrected chi connectivity index (χ4v) is 2.11. The molecule has 0 saturated heterocycles. The Kier molecular flexibility index (Phi) is 6.12. The molecule has 0 aliphatic rings. The molecule has 96 valence electrons. The molecule has 0 aliphatic carbocycles. The summed E-state index contributed by atoms with van der Waals surface area (Å²) in [5, 5.41) is 13.1. The summed E-state index contributed by atoms with van der Waals surface area (Å²) in [5.74, 6) is 0. The largest absolute Gasteiger partial charge is 0.390 e. The third-order valence-corrected chi connectivity index (χ3v) is 3.08. The number of hydrogen-bond donors (Lipinski definition) is 2. The molecule has 0 spiro atoms. The van der Waals surface area contributed by atoms with Gasteiger partial charge in [-0.05, 0) is 38.7 Å². The van der Waals surface area contributed by atoms with Crippen molar-refractivity contribution in [1.29, 1.82) is 0 Å². The predicted octanol–water partition coefficient (Wildman–Crippen LogP) is 2.02. The van der Waals surface area contributed by atoms with E-state index >= 15 is 0 Å². The maximum absolute atomic E-state index is 9.76. The maximum Gasteiger partial charge on any atom is 0.0791 e. The molecule has 0 saturated carbocycles. The highest BCUT2D eigenvalue weighted by Crippen LogP contribution is 2.17. The molecule has 17 heavy (non-hydrogen) atoms. The molecule has 0 bridgehead atoms. The first-order valence-electron chi connectivity index (χ1n) is 5.80. The average molecular weight is 301 g/mol. The minimum Gasteiger partial charge on any atom is -0.390 e. The molecule has 1 aromatic rings. The Hall–Kier alpha value is -0.420. The number of nitrogens with zero attached hydrogens (tertiary/aromatic N) is 1. The van der Waals surface area contributed by atoms with E-state index in [-0.39, 0.29) is 12.1 Å². The van der Waals surface area contributed by atoms with Gasteiger partial charge in [0.05, 0.1) is 6.10 Å². The van der Waals surface area contributed by atoms with Gasteiger partial charge in [0.25, 0.3) is 0 Å². The molecule has 1 unspecified atom stereocenters. The van der Waals surface area contributed by atoms with Gasteiger partial charge in [-0.15, -0.1) is 0 Å². The summed E-state index contributed by atoms with van der Waals surface area (Å²) < 4.78 is 1.08. The SMILES string of the molecule is C[C@H](NCC(O)CN(C)C)c1cccc(Br)c1. The summed E-state index contributed by atoms with van der Waals surface area (Å²) in [5.41, 5.74) is 1.22. The summed E-state index contributed by atoms with van der Waals surface area (Å²) in [7, 11) is 3.92. The van der Waals surface area contributed by atoms with Crippen molar-refractivity contribution in [1.82, 2.24) is 10.2 Å². The Morgan fingerprint density at radius 2 is 2.12 bits per heavy atom. The molecule has 3 nitrogen and oxygen atoms in total. The predicted molar refractivity (Wildman–Crippen MR) is 75.1 cm³/mol. The Labute approximate surface area is 112 Å². The summed E-state index contributed by atoms with van der Waals surface area (Å²) in [6.07, 6.45) is -0.334. The van der Waals surface area contributed by atoms with Crippen LogP contribution >= 0.6 is 15.9 Å². The molecule has 0 heterocycles. The second-order valence-corrected chi connectivity index (χ2v) is 5.52. The molecule has 0 aliphatic heterocycles. The van der Waals surface area contributed by atoms with Gasteiger partial charge >= 0.3 is 0 Å². The van der Waals surface area contributed by atoms with Crippen molar-refractivity contribution >= 4 is 15.9 Å². The first-order valence-corrected chi connectivity index (χ1v) is 6.60. The quantitative estimate of drug-likeness (QED) is 0.844. The number of likely N-dealkylation sites (N-methyl/N-ethyl adjacent to an activating group) is 1. The van der Waals surface area contributed by atoms with Crippen LogP contribution in [0.15, 0.2) is 28.7 Å². The average Bonchev–Trinajstić information content (AvgIpc) is 2.25. The molecule has 4 heteroatoms. The topological polar surface area (TPSA) is 35.5 Å². The van der Waals surface area contributed by atoms with Crippen molar-refractivity contribution in [3.8, 4) is 0 Å². The Morgan fingerprint density at radius 1 is 1.41 bits per heavy atom. The zero-order valence-corrected chi connectivity index (χ0v) is 12.2. The fourth-order valence-electron chi connectivity index (χ4n) is 1.69. The van der Waals surface area contributed by atoms with E-state index in [4.69, 9.17) is 0 Å². The maximum atomic E-state index is 9.76.